The van der Waals surface area contributed by atoms with Crippen molar-refractivity contribution < 1.29 is 0 Å². The molecule has 0 fully saturated rings. The van der Waals surface area contributed by atoms with Crippen molar-refractivity contribution in [2.45, 2.75) is 0 Å². The van der Waals surface area contributed by atoms with Crippen LogP contribution < -0.4 is 0 Å². The van der Waals surface area contributed by atoms with E-state index in [-0.39, 0.29) is 0 Å². The molecule has 0 aliphatic carbocycles. The molecule has 0 N–H and O–H groups in total. The lowest BCUT2D eigenvalue weighted by molar-refractivity contribution is 1.72. The molecule has 2 heterocycles. The van der Waals surface area contributed by atoms with Crippen molar-refractivity contribution in [3.8, 4) is 0 Å². The Kier molecular flexibility index (Phi) is 3.56. The van der Waals surface area contributed by atoms with Crippen LogP contribution in [-0.2, 0) is 0 Å². The molecule has 0 atom stereocenters. The fourth-order valence-electron chi connectivity index (χ4n) is 2.27. The van der Waals surface area contributed by atoms with Crippen LogP contribution in [-0.4, -0.2) is 0 Å². The minimum Gasteiger partial charge on any atom is -0.132 e. The Hall–Kier alpha value is 0.540. The van der Waals surface area contributed by atoms with Crippen molar-refractivity contribution in [2.24, 2.45) is 0 Å². The van der Waals surface area contributed by atoms with Crippen LogP contribution in [0.5, 0.6) is 0 Å². The predicted molar refractivity (Wildman–Crippen MR) is 106 cm³/mol. The standard InChI is InChI=1S/C14H4Br4S2/c15-7-3-1-5-11(9(7)17)19-14-6-2-4-8(16)10(18)12(6)20-13(5)14/h1-4H. The van der Waals surface area contributed by atoms with E-state index in [0.29, 0.717) is 0 Å². The SMILES string of the molecule is Brc1ccc2c(sc3c4ccc(Br)c(Br)c4sc23)c1Br. The quantitative estimate of drug-likeness (QED) is 0.205. The summed E-state index contributed by atoms with van der Waals surface area (Å²) in [6.07, 6.45) is 0. The van der Waals surface area contributed by atoms with E-state index in [2.05, 4.69) is 88.0 Å². The van der Waals surface area contributed by atoms with Crippen LogP contribution >= 0.6 is 86.4 Å². The first kappa shape index (κ1) is 14.2. The highest BCUT2D eigenvalue weighted by atomic mass is 79.9. The van der Waals surface area contributed by atoms with Gasteiger partial charge in [0.15, 0.2) is 0 Å². The van der Waals surface area contributed by atoms with E-state index in [4.69, 9.17) is 0 Å². The molecule has 0 unspecified atom stereocenters. The molecular weight excluding hydrogens is 552 g/mol. The number of fused-ring (bicyclic) bond motifs is 5. The third kappa shape index (κ3) is 1.92. The molecule has 0 aliphatic rings. The van der Waals surface area contributed by atoms with Gasteiger partial charge in [0.1, 0.15) is 0 Å². The molecule has 20 heavy (non-hydrogen) atoms. The number of benzene rings is 2. The second-order valence-corrected chi connectivity index (χ2v) is 9.67. The van der Waals surface area contributed by atoms with E-state index in [0.717, 1.165) is 17.9 Å². The molecule has 0 bridgehead atoms. The van der Waals surface area contributed by atoms with Crippen molar-refractivity contribution in [3.63, 3.8) is 0 Å². The molecule has 0 radical (unpaired) electrons. The molecular formula is C14H4Br4S2. The fourth-order valence-corrected chi connectivity index (χ4v) is 7.09. The minimum absolute atomic E-state index is 1.10. The maximum atomic E-state index is 3.69. The zero-order valence-corrected chi connectivity index (χ0v) is 17.6. The zero-order valence-electron chi connectivity index (χ0n) is 9.64. The Labute approximate surface area is 156 Å². The summed E-state index contributed by atoms with van der Waals surface area (Å²) < 4.78 is 9.85. The first-order valence-electron chi connectivity index (χ1n) is 5.64. The maximum Gasteiger partial charge on any atom is 0.0542 e. The predicted octanol–water partition coefficient (Wildman–Crippen LogP) is 8.32. The van der Waals surface area contributed by atoms with Gasteiger partial charge in [-0.15, -0.1) is 22.7 Å². The monoisotopic (exact) mass is 552 g/mol. The number of hydrogen-bond donors (Lipinski definition) is 0. The second-order valence-electron chi connectivity index (χ2n) is 4.34. The van der Waals surface area contributed by atoms with E-state index in [1.165, 1.54) is 29.6 Å². The van der Waals surface area contributed by atoms with Crippen molar-refractivity contribution >= 4 is 116 Å². The summed E-state index contributed by atoms with van der Waals surface area (Å²) in [6.45, 7) is 0. The van der Waals surface area contributed by atoms with Crippen LogP contribution in [0, 0.1) is 0 Å². The summed E-state index contributed by atoms with van der Waals surface area (Å²) in [7, 11) is 0. The highest BCUT2D eigenvalue weighted by molar-refractivity contribution is 9.13. The van der Waals surface area contributed by atoms with Crippen LogP contribution in [0.1, 0.15) is 0 Å². The molecule has 2 aromatic carbocycles. The first-order chi connectivity index (χ1) is 9.58. The molecule has 4 aromatic rings. The Balaban J connectivity index is 2.26. The average Bonchev–Trinajstić information content (AvgIpc) is 2.95. The van der Waals surface area contributed by atoms with Gasteiger partial charge in [0, 0.05) is 28.7 Å². The van der Waals surface area contributed by atoms with Gasteiger partial charge in [0.2, 0.25) is 0 Å². The van der Waals surface area contributed by atoms with Crippen LogP contribution in [0.15, 0.2) is 42.2 Å². The van der Waals surface area contributed by atoms with Gasteiger partial charge in [-0.25, -0.2) is 0 Å². The topological polar surface area (TPSA) is 0 Å². The third-order valence-electron chi connectivity index (χ3n) is 3.20. The maximum absolute atomic E-state index is 3.69. The van der Waals surface area contributed by atoms with E-state index in [1.54, 1.807) is 0 Å². The Morgan fingerprint density at radius 2 is 0.950 bits per heavy atom. The number of thiophene rings is 2. The zero-order chi connectivity index (χ0) is 14.0. The van der Waals surface area contributed by atoms with Gasteiger partial charge in [-0.1, -0.05) is 12.1 Å². The molecule has 6 heteroatoms. The summed E-state index contributed by atoms with van der Waals surface area (Å²) in [5, 5.41) is 2.65. The lowest BCUT2D eigenvalue weighted by atomic mass is 10.2. The fraction of sp³-hybridized carbons (Fsp3) is 0. The van der Waals surface area contributed by atoms with Crippen molar-refractivity contribution in [1.82, 2.24) is 0 Å². The molecule has 0 amide bonds. The van der Waals surface area contributed by atoms with E-state index < -0.39 is 0 Å². The highest BCUT2D eigenvalue weighted by Gasteiger charge is 2.16. The molecule has 0 saturated heterocycles. The summed E-state index contributed by atoms with van der Waals surface area (Å²) >= 11 is 18.2. The van der Waals surface area contributed by atoms with Crippen LogP contribution in [0.2, 0.25) is 0 Å². The molecule has 100 valence electrons. The average molecular weight is 556 g/mol. The first-order valence-corrected chi connectivity index (χ1v) is 10.4. The smallest absolute Gasteiger partial charge is 0.0542 e. The molecule has 2 aromatic heterocycles. The lowest BCUT2D eigenvalue weighted by Gasteiger charge is -1.98. The van der Waals surface area contributed by atoms with Crippen molar-refractivity contribution in [2.75, 3.05) is 0 Å². The largest absolute Gasteiger partial charge is 0.132 e. The minimum atomic E-state index is 1.10. The molecule has 0 nitrogen and oxygen atoms in total. The number of rotatable bonds is 0. The van der Waals surface area contributed by atoms with Crippen LogP contribution in [0.4, 0.5) is 0 Å². The molecule has 4 rings (SSSR count). The number of halogens is 4. The van der Waals surface area contributed by atoms with Gasteiger partial charge in [0.05, 0.1) is 18.8 Å². The Bertz CT molecular complexity index is 915. The molecule has 0 saturated carbocycles. The lowest BCUT2D eigenvalue weighted by Crippen LogP contribution is -1.70. The summed E-state index contributed by atoms with van der Waals surface area (Å²) in [5.74, 6) is 0. The molecule has 0 spiro atoms. The van der Waals surface area contributed by atoms with Gasteiger partial charge in [-0.05, 0) is 75.9 Å². The second kappa shape index (κ2) is 5.03. The van der Waals surface area contributed by atoms with Gasteiger partial charge >= 0.3 is 0 Å². The Morgan fingerprint density at radius 1 is 0.550 bits per heavy atom. The van der Waals surface area contributed by atoms with Crippen molar-refractivity contribution in [1.29, 1.82) is 0 Å². The summed E-state index contributed by atoms with van der Waals surface area (Å²) in [6, 6.07) is 8.60. The summed E-state index contributed by atoms with van der Waals surface area (Å²) in [5.41, 5.74) is 0. The van der Waals surface area contributed by atoms with Crippen LogP contribution in [0.3, 0.4) is 0 Å². The number of hydrogen-bond acceptors (Lipinski definition) is 2. The van der Waals surface area contributed by atoms with E-state index >= 15 is 0 Å². The Morgan fingerprint density at radius 3 is 1.35 bits per heavy atom. The molecule has 0 aliphatic heterocycles. The van der Waals surface area contributed by atoms with Gasteiger partial charge in [-0.2, -0.15) is 0 Å². The van der Waals surface area contributed by atoms with Gasteiger partial charge in [-0.3, -0.25) is 0 Å². The third-order valence-corrected chi connectivity index (χ3v) is 10.4. The van der Waals surface area contributed by atoms with Gasteiger partial charge < -0.3 is 0 Å². The summed E-state index contributed by atoms with van der Waals surface area (Å²) in [4.78, 5) is 0. The normalized spacial score (nSPS) is 12.0. The van der Waals surface area contributed by atoms with E-state index in [1.807, 2.05) is 22.7 Å². The highest BCUT2D eigenvalue weighted by Crippen LogP contribution is 2.49. The van der Waals surface area contributed by atoms with E-state index in [9.17, 15) is 0 Å². The van der Waals surface area contributed by atoms with Gasteiger partial charge in [0.25, 0.3) is 0 Å². The van der Waals surface area contributed by atoms with Crippen LogP contribution in [0.25, 0.3) is 29.6 Å². The van der Waals surface area contributed by atoms with Crippen molar-refractivity contribution in [3.05, 3.63) is 42.2 Å².